The molecule has 3 aromatic carbocycles. The number of carboxylic acid groups (broad SMARTS) is 1. The molecule has 37 heavy (non-hydrogen) atoms. The Morgan fingerprint density at radius 3 is 2.27 bits per heavy atom. The van der Waals surface area contributed by atoms with Crippen molar-refractivity contribution in [3.63, 3.8) is 0 Å². The van der Waals surface area contributed by atoms with Crippen molar-refractivity contribution in [3.05, 3.63) is 108 Å². The molecule has 4 rings (SSSR count). The lowest BCUT2D eigenvalue weighted by atomic mass is 10.0. The molecule has 7 nitrogen and oxygen atoms in total. The molecule has 4 aromatic rings. The minimum absolute atomic E-state index is 0.0425. The summed E-state index contributed by atoms with van der Waals surface area (Å²) < 4.78 is 0. The molecule has 0 aliphatic rings. The molecule has 1 heterocycles. The molecule has 4 N–H and O–H groups in total. The first-order chi connectivity index (χ1) is 18.0. The lowest BCUT2D eigenvalue weighted by Crippen LogP contribution is -2.42. The van der Waals surface area contributed by atoms with Crippen LogP contribution in [-0.2, 0) is 22.6 Å². The number of carbonyl (C=O) groups excluding carboxylic acids is 1. The predicted molar refractivity (Wildman–Crippen MR) is 146 cm³/mol. The number of aromatic amines is 1. The van der Waals surface area contributed by atoms with Gasteiger partial charge in [0.1, 0.15) is 6.04 Å². The summed E-state index contributed by atoms with van der Waals surface area (Å²) in [7, 11) is 1.82. The molecule has 0 bridgehead atoms. The molecule has 0 spiro atoms. The number of hydrogen-bond acceptors (Lipinski definition) is 4. The Balaban J connectivity index is 1.33. The van der Waals surface area contributed by atoms with Crippen LogP contribution in [0.1, 0.15) is 29.2 Å². The van der Waals surface area contributed by atoms with Crippen LogP contribution >= 0.6 is 0 Å². The second-order valence-corrected chi connectivity index (χ2v) is 9.27. The van der Waals surface area contributed by atoms with E-state index in [1.54, 1.807) is 4.90 Å². The van der Waals surface area contributed by atoms with Gasteiger partial charge in [0.25, 0.3) is 0 Å². The fraction of sp³-hybridized carbons (Fsp3) is 0.267. The molecule has 0 saturated carbocycles. The van der Waals surface area contributed by atoms with Crippen molar-refractivity contribution in [2.45, 2.75) is 31.5 Å². The number of carbonyl (C=O) groups is 2. The van der Waals surface area contributed by atoms with Gasteiger partial charge >= 0.3 is 5.97 Å². The van der Waals surface area contributed by atoms with Crippen molar-refractivity contribution in [2.75, 3.05) is 20.1 Å². The summed E-state index contributed by atoms with van der Waals surface area (Å²) in [6.45, 7) is 1.53. The van der Waals surface area contributed by atoms with Gasteiger partial charge in [0.2, 0.25) is 5.91 Å². The number of H-pyrrole nitrogens is 1. The lowest BCUT2D eigenvalue weighted by molar-refractivity contribution is -0.139. The van der Waals surface area contributed by atoms with E-state index in [1.807, 2.05) is 98.2 Å². The number of rotatable bonds is 13. The van der Waals surface area contributed by atoms with Crippen LogP contribution < -0.4 is 10.6 Å². The molecule has 7 heteroatoms. The molecule has 0 aliphatic carbocycles. The molecule has 1 unspecified atom stereocenters. The van der Waals surface area contributed by atoms with Crippen molar-refractivity contribution in [1.29, 1.82) is 0 Å². The monoisotopic (exact) mass is 498 g/mol. The number of nitrogens with zero attached hydrogens (tertiary/aromatic N) is 1. The second kappa shape index (κ2) is 12.9. The maximum absolute atomic E-state index is 13.0. The molecule has 192 valence electrons. The highest BCUT2D eigenvalue weighted by molar-refractivity contribution is 5.84. The first kappa shape index (κ1) is 26.1. The van der Waals surface area contributed by atoms with E-state index in [1.165, 1.54) is 0 Å². The molecule has 1 amide bonds. The Morgan fingerprint density at radius 2 is 1.54 bits per heavy atom. The maximum Gasteiger partial charge on any atom is 0.321 e. The van der Waals surface area contributed by atoms with Gasteiger partial charge in [-0.15, -0.1) is 0 Å². The van der Waals surface area contributed by atoms with Crippen molar-refractivity contribution in [2.24, 2.45) is 0 Å². The molecule has 0 saturated heterocycles. The summed E-state index contributed by atoms with van der Waals surface area (Å²) in [5.41, 5.74) is 4.08. The van der Waals surface area contributed by atoms with Gasteiger partial charge in [0.05, 0.1) is 0 Å². The van der Waals surface area contributed by atoms with Crippen LogP contribution in [0, 0.1) is 0 Å². The Bertz CT molecular complexity index is 1290. The van der Waals surface area contributed by atoms with Crippen molar-refractivity contribution in [1.82, 2.24) is 20.5 Å². The van der Waals surface area contributed by atoms with Crippen molar-refractivity contribution in [3.8, 4) is 0 Å². The normalized spacial score (nSPS) is 12.8. The van der Waals surface area contributed by atoms with Crippen LogP contribution in [0.3, 0.4) is 0 Å². The fourth-order valence-electron chi connectivity index (χ4n) is 4.53. The second-order valence-electron chi connectivity index (χ2n) is 9.27. The molecule has 0 radical (unpaired) electrons. The van der Waals surface area contributed by atoms with Crippen LogP contribution in [0.15, 0.2) is 91.1 Å². The highest BCUT2D eigenvalue weighted by atomic mass is 16.4. The summed E-state index contributed by atoms with van der Waals surface area (Å²) >= 11 is 0. The maximum atomic E-state index is 13.0. The summed E-state index contributed by atoms with van der Waals surface area (Å²) in [6.07, 6.45) is 2.57. The van der Waals surface area contributed by atoms with Gasteiger partial charge < -0.3 is 25.6 Å². The van der Waals surface area contributed by atoms with Crippen LogP contribution in [0.5, 0.6) is 0 Å². The van der Waals surface area contributed by atoms with E-state index in [0.29, 0.717) is 32.5 Å². The Hall–Kier alpha value is -3.94. The van der Waals surface area contributed by atoms with Gasteiger partial charge in [0.15, 0.2) is 0 Å². The third-order valence-corrected chi connectivity index (χ3v) is 6.57. The SMILES string of the molecule is CN(Cc1ccccc1)C(=O)C[C@H](NCCNC(Cc1c[nH]c2ccccc12)C(=O)O)c1ccccc1. The minimum atomic E-state index is -0.886. The van der Waals surface area contributed by atoms with Gasteiger partial charge in [-0.2, -0.15) is 0 Å². The number of fused-ring (bicyclic) bond motifs is 1. The van der Waals surface area contributed by atoms with E-state index >= 15 is 0 Å². The number of carboxylic acids is 1. The first-order valence-corrected chi connectivity index (χ1v) is 12.6. The van der Waals surface area contributed by atoms with Crippen molar-refractivity contribution < 1.29 is 14.7 Å². The average Bonchev–Trinajstić information content (AvgIpc) is 3.33. The van der Waals surface area contributed by atoms with E-state index in [0.717, 1.165) is 27.6 Å². The highest BCUT2D eigenvalue weighted by Crippen LogP contribution is 2.20. The highest BCUT2D eigenvalue weighted by Gasteiger charge is 2.21. The third kappa shape index (κ3) is 7.29. The summed E-state index contributed by atoms with van der Waals surface area (Å²) in [5.74, 6) is -0.844. The Kier molecular flexibility index (Phi) is 9.08. The standard InChI is InChI=1S/C30H34N4O3/c1-34(21-22-10-4-2-5-11-22)29(35)19-27(23-12-6-3-7-13-23)31-16-17-32-28(30(36)37)18-24-20-33-26-15-9-8-14-25(24)26/h2-15,20,27-28,31-33H,16-19,21H2,1H3,(H,36,37)/t27-,28?/m0/s1. The quantitative estimate of drug-likeness (QED) is 0.208. The van der Waals surface area contributed by atoms with Crippen LogP contribution in [0.25, 0.3) is 10.9 Å². The molecular formula is C30H34N4O3. The fourth-order valence-corrected chi connectivity index (χ4v) is 4.53. The van der Waals surface area contributed by atoms with Gasteiger partial charge in [-0.1, -0.05) is 78.9 Å². The molecule has 0 fully saturated rings. The minimum Gasteiger partial charge on any atom is -0.480 e. The molecule has 0 aliphatic heterocycles. The average molecular weight is 499 g/mol. The summed E-state index contributed by atoms with van der Waals surface area (Å²) in [4.78, 5) is 29.9. The number of hydrogen-bond donors (Lipinski definition) is 4. The predicted octanol–water partition coefficient (Wildman–Crippen LogP) is 4.13. The van der Waals surface area contributed by atoms with E-state index in [9.17, 15) is 14.7 Å². The van der Waals surface area contributed by atoms with E-state index < -0.39 is 12.0 Å². The number of aliphatic carboxylic acids is 1. The number of benzene rings is 3. The third-order valence-electron chi connectivity index (χ3n) is 6.57. The molecule has 2 atom stereocenters. The zero-order valence-corrected chi connectivity index (χ0v) is 21.1. The lowest BCUT2D eigenvalue weighted by Gasteiger charge is -2.24. The van der Waals surface area contributed by atoms with Crippen LogP contribution in [0.2, 0.25) is 0 Å². The molecule has 1 aromatic heterocycles. The first-order valence-electron chi connectivity index (χ1n) is 12.6. The van der Waals surface area contributed by atoms with Crippen LogP contribution in [0.4, 0.5) is 0 Å². The van der Waals surface area contributed by atoms with Crippen LogP contribution in [-0.4, -0.2) is 53.0 Å². The van der Waals surface area contributed by atoms with Gasteiger partial charge in [-0.05, 0) is 22.8 Å². The zero-order valence-electron chi connectivity index (χ0n) is 21.1. The summed E-state index contributed by atoms with van der Waals surface area (Å²) in [5, 5.41) is 17.5. The Morgan fingerprint density at radius 1 is 0.892 bits per heavy atom. The molecular weight excluding hydrogens is 464 g/mol. The largest absolute Gasteiger partial charge is 0.480 e. The van der Waals surface area contributed by atoms with E-state index in [-0.39, 0.29) is 11.9 Å². The number of amides is 1. The number of nitrogens with one attached hydrogen (secondary N) is 3. The van der Waals surface area contributed by atoms with E-state index in [2.05, 4.69) is 15.6 Å². The number of para-hydroxylation sites is 1. The van der Waals surface area contributed by atoms with Gasteiger partial charge in [-0.25, -0.2) is 0 Å². The smallest absolute Gasteiger partial charge is 0.321 e. The Labute approximate surface area is 217 Å². The topological polar surface area (TPSA) is 97.5 Å². The van der Waals surface area contributed by atoms with E-state index in [4.69, 9.17) is 0 Å². The number of aromatic nitrogens is 1. The zero-order chi connectivity index (χ0) is 26.0. The van der Waals surface area contributed by atoms with Gasteiger partial charge in [-0.3, -0.25) is 9.59 Å². The van der Waals surface area contributed by atoms with Crippen molar-refractivity contribution >= 4 is 22.8 Å². The van der Waals surface area contributed by atoms with Gasteiger partial charge in [0, 0.05) is 62.7 Å². The summed E-state index contributed by atoms with van der Waals surface area (Å²) in [6, 6.07) is 26.8.